The van der Waals surface area contributed by atoms with E-state index in [-0.39, 0.29) is 12.3 Å². The first-order chi connectivity index (χ1) is 16.9. The Bertz CT molecular complexity index is 1320. The van der Waals surface area contributed by atoms with Gasteiger partial charge in [-0.05, 0) is 44.0 Å². The number of anilines is 1. The van der Waals surface area contributed by atoms with E-state index in [4.69, 9.17) is 14.0 Å². The monoisotopic (exact) mass is 473 g/mol. The van der Waals surface area contributed by atoms with Crippen LogP contribution in [0.15, 0.2) is 65.3 Å². The Balaban J connectivity index is 1.88. The lowest BCUT2D eigenvalue weighted by Gasteiger charge is -2.12. The molecule has 8 nitrogen and oxygen atoms in total. The number of carbonyl (C=O) groups is 2. The number of aromatic nitrogens is 2. The molecule has 180 valence electrons. The van der Waals surface area contributed by atoms with E-state index in [0.717, 1.165) is 11.1 Å². The molecule has 4 rings (SSSR count). The molecule has 0 atom stereocenters. The van der Waals surface area contributed by atoms with E-state index < -0.39 is 11.9 Å². The molecule has 2 aromatic carbocycles. The van der Waals surface area contributed by atoms with Crippen molar-refractivity contribution in [1.82, 2.24) is 9.72 Å². The van der Waals surface area contributed by atoms with E-state index >= 15 is 0 Å². The molecule has 2 aromatic heterocycles. The number of hydrogen-bond acceptors (Lipinski definition) is 6. The van der Waals surface area contributed by atoms with Gasteiger partial charge in [-0.2, -0.15) is 0 Å². The quantitative estimate of drug-likeness (QED) is 0.351. The van der Waals surface area contributed by atoms with Crippen LogP contribution in [-0.4, -0.2) is 35.3 Å². The molecule has 0 saturated heterocycles. The summed E-state index contributed by atoms with van der Waals surface area (Å²) in [5.41, 5.74) is 3.88. The molecule has 1 amide bonds. The van der Waals surface area contributed by atoms with Gasteiger partial charge in [0.15, 0.2) is 5.69 Å². The average molecular weight is 474 g/mol. The Kier molecular flexibility index (Phi) is 7.01. The molecule has 8 heteroatoms. The van der Waals surface area contributed by atoms with E-state index in [2.05, 4.69) is 10.5 Å². The van der Waals surface area contributed by atoms with Crippen LogP contribution in [0.3, 0.4) is 0 Å². The van der Waals surface area contributed by atoms with Gasteiger partial charge >= 0.3 is 5.97 Å². The van der Waals surface area contributed by atoms with Gasteiger partial charge in [-0.15, -0.1) is 0 Å². The lowest BCUT2D eigenvalue weighted by atomic mass is 10.1. The summed E-state index contributed by atoms with van der Waals surface area (Å²) in [7, 11) is 1.60. The number of amides is 1. The number of methoxy groups -OCH3 is 1. The number of esters is 1. The number of carbonyl (C=O) groups excluding carboxylic acids is 2. The number of ether oxygens (including phenoxy) is 2. The summed E-state index contributed by atoms with van der Waals surface area (Å²) in [5, 5.41) is 6.82. The molecule has 0 spiro atoms. The number of nitrogens with one attached hydrogen (secondary N) is 1. The van der Waals surface area contributed by atoms with E-state index in [1.807, 2.05) is 60.8 Å². The fraction of sp³-hybridized carbons (Fsp3) is 0.222. The summed E-state index contributed by atoms with van der Waals surface area (Å²) in [6.45, 7) is 5.73. The van der Waals surface area contributed by atoms with Gasteiger partial charge in [0.2, 0.25) is 0 Å². The summed E-state index contributed by atoms with van der Waals surface area (Å²) < 4.78 is 17.7. The normalized spacial score (nSPS) is 10.7. The van der Waals surface area contributed by atoms with Gasteiger partial charge in [0, 0.05) is 18.3 Å². The second-order valence-electron chi connectivity index (χ2n) is 7.98. The number of rotatable bonds is 8. The van der Waals surface area contributed by atoms with Crippen molar-refractivity contribution in [2.75, 3.05) is 19.0 Å². The molecule has 0 unspecified atom stereocenters. The molecule has 0 aliphatic rings. The minimum absolute atomic E-state index is 0.199. The van der Waals surface area contributed by atoms with Crippen molar-refractivity contribution in [3.63, 3.8) is 0 Å². The van der Waals surface area contributed by atoms with Crippen molar-refractivity contribution in [1.29, 1.82) is 0 Å². The highest BCUT2D eigenvalue weighted by molar-refractivity contribution is 6.11. The topological polar surface area (TPSA) is 95.6 Å². The number of hydrogen-bond donors (Lipinski definition) is 1. The summed E-state index contributed by atoms with van der Waals surface area (Å²) in [6, 6.07) is 17.2. The molecule has 0 aliphatic heterocycles. The smallest absolute Gasteiger partial charge is 0.357 e. The zero-order valence-corrected chi connectivity index (χ0v) is 20.1. The van der Waals surface area contributed by atoms with Crippen LogP contribution in [0.5, 0.6) is 5.75 Å². The molecule has 0 fully saturated rings. The molecule has 0 aliphatic carbocycles. The Morgan fingerprint density at radius 3 is 2.37 bits per heavy atom. The molecular formula is C27H27N3O5. The van der Waals surface area contributed by atoms with Gasteiger partial charge in [0.05, 0.1) is 25.1 Å². The van der Waals surface area contributed by atoms with Crippen molar-refractivity contribution in [3.05, 3.63) is 89.1 Å². The molecule has 0 radical (unpaired) electrons. The highest BCUT2D eigenvalue weighted by Crippen LogP contribution is 2.36. The van der Waals surface area contributed by atoms with Crippen molar-refractivity contribution in [2.45, 2.75) is 27.3 Å². The van der Waals surface area contributed by atoms with Gasteiger partial charge in [-0.1, -0.05) is 47.6 Å². The fourth-order valence-electron chi connectivity index (χ4n) is 3.98. The molecule has 4 aromatic rings. The average Bonchev–Trinajstić information content (AvgIpc) is 3.38. The van der Waals surface area contributed by atoms with Crippen molar-refractivity contribution in [2.24, 2.45) is 0 Å². The third-order valence-corrected chi connectivity index (χ3v) is 5.64. The van der Waals surface area contributed by atoms with E-state index in [1.54, 1.807) is 32.4 Å². The van der Waals surface area contributed by atoms with Crippen LogP contribution in [0.1, 0.15) is 44.8 Å². The summed E-state index contributed by atoms with van der Waals surface area (Å²) in [4.78, 5) is 26.5. The maximum absolute atomic E-state index is 13.3. The van der Waals surface area contributed by atoms with Gasteiger partial charge < -0.3 is 23.9 Å². The maximum Gasteiger partial charge on any atom is 0.357 e. The largest absolute Gasteiger partial charge is 0.497 e. The van der Waals surface area contributed by atoms with Crippen LogP contribution >= 0.6 is 0 Å². The van der Waals surface area contributed by atoms with Crippen LogP contribution in [0.2, 0.25) is 0 Å². The predicted molar refractivity (Wildman–Crippen MR) is 132 cm³/mol. The second-order valence-corrected chi connectivity index (χ2v) is 7.98. The Labute approximate surface area is 203 Å². The van der Waals surface area contributed by atoms with Crippen LogP contribution in [-0.2, 0) is 11.3 Å². The van der Waals surface area contributed by atoms with Crippen molar-refractivity contribution >= 4 is 17.6 Å². The third kappa shape index (κ3) is 4.96. The molecule has 2 heterocycles. The first-order valence-corrected chi connectivity index (χ1v) is 11.3. The highest BCUT2D eigenvalue weighted by atomic mass is 16.5. The number of nitrogens with zero attached hydrogens (tertiary/aromatic N) is 2. The highest BCUT2D eigenvalue weighted by Gasteiger charge is 2.27. The number of benzene rings is 2. The molecule has 0 saturated carbocycles. The fourth-order valence-corrected chi connectivity index (χ4v) is 3.98. The van der Waals surface area contributed by atoms with Gasteiger partial charge in [0.25, 0.3) is 5.91 Å². The van der Waals surface area contributed by atoms with E-state index in [1.165, 1.54) is 0 Å². The standard InChI is InChI=1S/C27H27N3O5/c1-5-34-27(32)25-24(28-26(31)23-17(2)29-35-18(23)3)22(20-11-13-21(33-4)14-12-20)16-30(25)15-19-9-7-6-8-10-19/h6-14,16H,5,15H2,1-4H3,(H,28,31). The minimum atomic E-state index is -0.530. The molecule has 35 heavy (non-hydrogen) atoms. The molecular weight excluding hydrogens is 446 g/mol. The summed E-state index contributed by atoms with van der Waals surface area (Å²) in [6.07, 6.45) is 1.85. The van der Waals surface area contributed by atoms with Crippen LogP contribution in [0, 0.1) is 13.8 Å². The van der Waals surface area contributed by atoms with E-state index in [0.29, 0.717) is 40.6 Å². The lowest BCUT2D eigenvalue weighted by molar-refractivity contribution is 0.0515. The summed E-state index contributed by atoms with van der Waals surface area (Å²) >= 11 is 0. The van der Waals surface area contributed by atoms with Crippen LogP contribution in [0.25, 0.3) is 11.1 Å². The Morgan fingerprint density at radius 2 is 1.77 bits per heavy atom. The van der Waals surface area contributed by atoms with E-state index in [9.17, 15) is 9.59 Å². The zero-order chi connectivity index (χ0) is 24.9. The maximum atomic E-state index is 13.3. The van der Waals surface area contributed by atoms with Gasteiger partial charge in [0.1, 0.15) is 17.1 Å². The van der Waals surface area contributed by atoms with Crippen LogP contribution < -0.4 is 10.1 Å². The third-order valence-electron chi connectivity index (χ3n) is 5.64. The van der Waals surface area contributed by atoms with Crippen molar-refractivity contribution < 1.29 is 23.6 Å². The first-order valence-electron chi connectivity index (χ1n) is 11.3. The lowest BCUT2D eigenvalue weighted by Crippen LogP contribution is -2.19. The molecule has 1 N–H and O–H groups in total. The second kappa shape index (κ2) is 10.3. The number of aryl methyl sites for hydroxylation is 2. The Hall–Kier alpha value is -4.33. The van der Waals surface area contributed by atoms with Gasteiger partial charge in [-0.3, -0.25) is 4.79 Å². The predicted octanol–water partition coefficient (Wildman–Crippen LogP) is 5.25. The molecule has 0 bridgehead atoms. The Morgan fingerprint density at radius 1 is 1.06 bits per heavy atom. The minimum Gasteiger partial charge on any atom is -0.497 e. The SMILES string of the molecule is CCOC(=O)c1c(NC(=O)c2c(C)noc2C)c(-c2ccc(OC)cc2)cn1Cc1ccccc1. The first kappa shape index (κ1) is 23.8. The van der Waals surface area contributed by atoms with Gasteiger partial charge in [-0.25, -0.2) is 4.79 Å². The van der Waals surface area contributed by atoms with Crippen LogP contribution in [0.4, 0.5) is 5.69 Å². The summed E-state index contributed by atoms with van der Waals surface area (Å²) in [5.74, 6) is 0.146. The van der Waals surface area contributed by atoms with Crippen molar-refractivity contribution in [3.8, 4) is 16.9 Å². The zero-order valence-electron chi connectivity index (χ0n) is 20.1.